The topological polar surface area (TPSA) is 79.8 Å². The summed E-state index contributed by atoms with van der Waals surface area (Å²) in [5, 5.41) is 2.31. The normalized spacial score (nSPS) is 15.0. The molecule has 1 fully saturated rings. The van der Waals surface area contributed by atoms with Gasteiger partial charge in [0, 0.05) is 31.6 Å². The average Bonchev–Trinajstić information content (AvgIpc) is 3.30. The number of sulfonamides is 1. The molecule has 1 saturated heterocycles. The predicted octanol–water partition coefficient (Wildman–Crippen LogP) is 3.24. The maximum Gasteiger partial charge on any atom is 0.273 e. The molecule has 1 aromatic heterocycles. The van der Waals surface area contributed by atoms with Crippen LogP contribution in [0.5, 0.6) is 5.75 Å². The van der Waals surface area contributed by atoms with Crippen molar-refractivity contribution >= 4 is 27.3 Å². The van der Waals surface area contributed by atoms with Gasteiger partial charge in [0.25, 0.3) is 5.91 Å². The number of ether oxygens (including phenoxy) is 1. The summed E-state index contributed by atoms with van der Waals surface area (Å²) >= 11 is 1.32. The van der Waals surface area contributed by atoms with Crippen LogP contribution in [-0.2, 0) is 10.0 Å². The molecule has 0 saturated carbocycles. The molecule has 0 spiro atoms. The number of carbonyl (C=O) groups excluding carboxylic acids is 1. The van der Waals surface area contributed by atoms with E-state index in [0.717, 1.165) is 22.0 Å². The Morgan fingerprint density at radius 2 is 1.78 bits per heavy atom. The second-order valence-corrected chi connectivity index (χ2v) is 9.81. The minimum Gasteiger partial charge on any atom is -0.496 e. The molecule has 1 amide bonds. The largest absolute Gasteiger partial charge is 0.496 e. The fourth-order valence-corrected chi connectivity index (χ4v) is 5.65. The lowest BCUT2D eigenvalue weighted by Gasteiger charge is -2.33. The SMILES string of the molecule is COc1ccccc1-c1nc(C(=O)N2CCN(S(=O)(=O)c3ccc(F)c(F)c3)CC2)cs1. The first-order chi connectivity index (χ1) is 15.3. The van der Waals surface area contributed by atoms with Crippen LogP contribution in [-0.4, -0.2) is 61.8 Å². The number of para-hydroxylation sites is 1. The Morgan fingerprint density at radius 3 is 2.47 bits per heavy atom. The molecule has 2 heterocycles. The van der Waals surface area contributed by atoms with Crippen LogP contribution in [0.1, 0.15) is 10.5 Å². The quantitative estimate of drug-likeness (QED) is 0.561. The summed E-state index contributed by atoms with van der Waals surface area (Å²) in [6.45, 7) is 0.389. The lowest BCUT2D eigenvalue weighted by Crippen LogP contribution is -2.50. The van der Waals surface area contributed by atoms with E-state index in [1.807, 2.05) is 24.3 Å². The summed E-state index contributed by atoms with van der Waals surface area (Å²) in [6.07, 6.45) is 0. The Morgan fingerprint density at radius 1 is 1.06 bits per heavy atom. The molecule has 3 aromatic rings. The second kappa shape index (κ2) is 8.93. The molecule has 0 radical (unpaired) electrons. The fraction of sp³-hybridized carbons (Fsp3) is 0.238. The maximum absolute atomic E-state index is 13.5. The van der Waals surface area contributed by atoms with E-state index in [9.17, 15) is 22.0 Å². The number of aromatic nitrogens is 1. The highest BCUT2D eigenvalue weighted by Crippen LogP contribution is 2.32. The van der Waals surface area contributed by atoms with Crippen molar-refractivity contribution in [1.29, 1.82) is 0 Å². The number of methoxy groups -OCH3 is 1. The molecule has 4 rings (SSSR count). The first kappa shape index (κ1) is 22.3. The van der Waals surface area contributed by atoms with Gasteiger partial charge in [-0.1, -0.05) is 12.1 Å². The van der Waals surface area contributed by atoms with Gasteiger partial charge in [-0.05, 0) is 30.3 Å². The molecule has 0 bridgehead atoms. The lowest BCUT2D eigenvalue weighted by molar-refractivity contribution is 0.0693. The number of piperazine rings is 1. The second-order valence-electron chi connectivity index (χ2n) is 7.01. The Hall–Kier alpha value is -2.89. The molecule has 1 aliphatic rings. The first-order valence-electron chi connectivity index (χ1n) is 9.64. The number of thiazole rings is 1. The van der Waals surface area contributed by atoms with Gasteiger partial charge >= 0.3 is 0 Å². The number of hydrogen-bond donors (Lipinski definition) is 0. The number of benzene rings is 2. The molecule has 0 atom stereocenters. The standard InChI is InChI=1S/C21H19F2N3O4S2/c1-30-19-5-3-2-4-15(19)20-24-18(13-31-20)21(27)25-8-10-26(11-9-25)32(28,29)14-6-7-16(22)17(23)12-14/h2-7,12-13H,8-11H2,1H3. The van der Waals surface area contributed by atoms with Gasteiger partial charge in [0.05, 0.1) is 17.6 Å². The number of nitrogens with zero attached hydrogens (tertiary/aromatic N) is 3. The molecule has 32 heavy (non-hydrogen) atoms. The number of carbonyl (C=O) groups is 1. The van der Waals surface area contributed by atoms with Crippen LogP contribution in [0, 0.1) is 11.6 Å². The Balaban J connectivity index is 1.45. The number of hydrogen-bond acceptors (Lipinski definition) is 6. The van der Waals surface area contributed by atoms with Gasteiger partial charge in [0.2, 0.25) is 10.0 Å². The van der Waals surface area contributed by atoms with Crippen LogP contribution in [0.25, 0.3) is 10.6 Å². The Labute approximate surface area is 187 Å². The van der Waals surface area contributed by atoms with Crippen LogP contribution in [0.2, 0.25) is 0 Å². The predicted molar refractivity (Wildman–Crippen MR) is 115 cm³/mol. The highest BCUT2D eigenvalue weighted by molar-refractivity contribution is 7.89. The monoisotopic (exact) mass is 479 g/mol. The highest BCUT2D eigenvalue weighted by Gasteiger charge is 2.31. The lowest BCUT2D eigenvalue weighted by atomic mass is 10.2. The number of halogens is 2. The minimum absolute atomic E-state index is 0.0383. The summed E-state index contributed by atoms with van der Waals surface area (Å²) in [5.74, 6) is -1.99. The van der Waals surface area contributed by atoms with Crippen LogP contribution in [0.15, 0.2) is 52.7 Å². The van der Waals surface area contributed by atoms with Gasteiger partial charge in [-0.15, -0.1) is 11.3 Å². The summed E-state index contributed by atoms with van der Waals surface area (Å²) in [5.41, 5.74) is 1.05. The van der Waals surface area contributed by atoms with Crippen LogP contribution < -0.4 is 4.74 Å². The third-order valence-electron chi connectivity index (χ3n) is 5.12. The van der Waals surface area contributed by atoms with E-state index in [1.54, 1.807) is 12.5 Å². The Bertz CT molecular complexity index is 1260. The molecule has 11 heteroatoms. The van der Waals surface area contributed by atoms with E-state index in [-0.39, 0.29) is 42.7 Å². The van der Waals surface area contributed by atoms with E-state index < -0.39 is 21.7 Å². The van der Waals surface area contributed by atoms with Crippen LogP contribution in [0.3, 0.4) is 0 Å². The van der Waals surface area contributed by atoms with Gasteiger partial charge in [0.1, 0.15) is 16.5 Å². The van der Waals surface area contributed by atoms with Crippen molar-refractivity contribution in [3.8, 4) is 16.3 Å². The maximum atomic E-state index is 13.5. The van der Waals surface area contributed by atoms with E-state index in [4.69, 9.17) is 4.74 Å². The number of rotatable bonds is 5. The highest BCUT2D eigenvalue weighted by atomic mass is 32.2. The zero-order valence-electron chi connectivity index (χ0n) is 17.0. The molecule has 7 nitrogen and oxygen atoms in total. The average molecular weight is 480 g/mol. The van der Waals surface area contributed by atoms with E-state index in [1.165, 1.54) is 16.2 Å². The van der Waals surface area contributed by atoms with Crippen molar-refractivity contribution in [3.63, 3.8) is 0 Å². The van der Waals surface area contributed by atoms with Gasteiger partial charge < -0.3 is 9.64 Å². The molecule has 0 unspecified atom stereocenters. The molecule has 2 aromatic carbocycles. The zero-order chi connectivity index (χ0) is 22.9. The molecular weight excluding hydrogens is 460 g/mol. The van der Waals surface area contributed by atoms with Crippen molar-refractivity contribution in [2.75, 3.05) is 33.3 Å². The summed E-state index contributed by atoms with van der Waals surface area (Å²) < 4.78 is 58.6. The third-order valence-corrected chi connectivity index (χ3v) is 7.89. The van der Waals surface area contributed by atoms with E-state index in [2.05, 4.69) is 4.98 Å². The van der Waals surface area contributed by atoms with E-state index in [0.29, 0.717) is 16.8 Å². The van der Waals surface area contributed by atoms with Crippen molar-refractivity contribution in [3.05, 3.63) is 65.2 Å². The smallest absolute Gasteiger partial charge is 0.273 e. The van der Waals surface area contributed by atoms with Crippen LogP contribution in [0.4, 0.5) is 8.78 Å². The molecular formula is C21H19F2N3O4S2. The molecule has 0 aliphatic carbocycles. The molecule has 1 aliphatic heterocycles. The summed E-state index contributed by atoms with van der Waals surface area (Å²) in [6, 6.07) is 9.84. The molecule has 0 N–H and O–H groups in total. The van der Waals surface area contributed by atoms with Gasteiger partial charge in [-0.3, -0.25) is 4.79 Å². The summed E-state index contributed by atoms with van der Waals surface area (Å²) in [7, 11) is -2.43. The number of amides is 1. The van der Waals surface area contributed by atoms with Crippen LogP contribution >= 0.6 is 11.3 Å². The fourth-order valence-electron chi connectivity index (χ4n) is 3.40. The van der Waals surface area contributed by atoms with Gasteiger partial charge in [-0.2, -0.15) is 4.31 Å². The van der Waals surface area contributed by atoms with Gasteiger partial charge in [0.15, 0.2) is 11.6 Å². The third kappa shape index (κ3) is 4.23. The summed E-state index contributed by atoms with van der Waals surface area (Å²) in [4.78, 5) is 18.5. The van der Waals surface area contributed by atoms with Crippen molar-refractivity contribution in [2.24, 2.45) is 0 Å². The van der Waals surface area contributed by atoms with E-state index >= 15 is 0 Å². The Kier molecular flexibility index (Phi) is 6.22. The van der Waals surface area contributed by atoms with Gasteiger partial charge in [-0.25, -0.2) is 22.2 Å². The minimum atomic E-state index is -3.99. The van der Waals surface area contributed by atoms with Crippen molar-refractivity contribution < 1.29 is 26.7 Å². The van der Waals surface area contributed by atoms with Crippen molar-refractivity contribution in [2.45, 2.75) is 4.90 Å². The van der Waals surface area contributed by atoms with Crippen molar-refractivity contribution in [1.82, 2.24) is 14.2 Å². The molecule has 168 valence electrons. The zero-order valence-corrected chi connectivity index (χ0v) is 18.6. The first-order valence-corrected chi connectivity index (χ1v) is 12.0.